The number of hydrogen-bond donors (Lipinski definition) is 1. The average Bonchev–Trinajstić information content (AvgIpc) is 2.67. The summed E-state index contributed by atoms with van der Waals surface area (Å²) < 4.78 is 25.8. The van der Waals surface area contributed by atoms with E-state index >= 15 is 0 Å². The molecule has 2 N–H and O–H groups in total. The fourth-order valence-electron chi connectivity index (χ4n) is 2.75. The summed E-state index contributed by atoms with van der Waals surface area (Å²) in [6.45, 7) is 0. The van der Waals surface area contributed by atoms with Gasteiger partial charge in [-0.15, -0.1) is 0 Å². The molecule has 7 heteroatoms. The highest BCUT2D eigenvalue weighted by Crippen LogP contribution is 2.37. The number of nitriles is 1. The number of benzene rings is 2. The van der Waals surface area contributed by atoms with Gasteiger partial charge in [-0.3, -0.25) is 0 Å². The molecule has 1 aromatic heterocycles. The van der Waals surface area contributed by atoms with Crippen LogP contribution < -0.4 is 15.2 Å². The third-order valence-electron chi connectivity index (χ3n) is 4.06. The van der Waals surface area contributed by atoms with Gasteiger partial charge in [-0.25, -0.2) is 9.37 Å². The molecular formula is C20H15BrFN3O2. The van der Waals surface area contributed by atoms with Crippen molar-refractivity contribution < 1.29 is 13.9 Å². The lowest BCUT2D eigenvalue weighted by Crippen LogP contribution is -2.01. The van der Waals surface area contributed by atoms with E-state index < -0.39 is 5.82 Å². The lowest BCUT2D eigenvalue weighted by atomic mass is 9.97. The molecule has 0 saturated carbocycles. The SMILES string of the molecule is COc1ccc(OC)c(-c2cc(-c3ccc(Br)cc3F)c(C#N)c(N)n2)c1. The van der Waals surface area contributed by atoms with Crippen LogP contribution in [0.2, 0.25) is 0 Å². The highest BCUT2D eigenvalue weighted by atomic mass is 79.9. The number of rotatable bonds is 4. The standard InChI is InChI=1S/C20H15BrFN3O2/c1-26-12-4-6-19(27-2)15(8-12)18-9-14(16(10-23)20(24)25-18)13-5-3-11(21)7-17(13)22/h3-9H,1-2H3,(H2,24,25). The van der Waals surface area contributed by atoms with Crippen LogP contribution in [0.4, 0.5) is 10.2 Å². The number of hydrogen-bond acceptors (Lipinski definition) is 5. The fraction of sp³-hybridized carbons (Fsp3) is 0.100. The Kier molecular flexibility index (Phi) is 5.28. The Morgan fingerprint density at radius 3 is 2.44 bits per heavy atom. The predicted octanol–water partition coefficient (Wildman–Crippen LogP) is 4.79. The number of nitrogens with two attached hydrogens (primary N) is 1. The number of halogens is 2. The van der Waals surface area contributed by atoms with E-state index in [1.54, 1.807) is 43.5 Å². The van der Waals surface area contributed by atoms with Gasteiger partial charge >= 0.3 is 0 Å². The zero-order chi connectivity index (χ0) is 19.6. The van der Waals surface area contributed by atoms with Crippen molar-refractivity contribution in [2.24, 2.45) is 0 Å². The zero-order valence-corrected chi connectivity index (χ0v) is 16.2. The minimum atomic E-state index is -0.477. The summed E-state index contributed by atoms with van der Waals surface area (Å²) in [6.07, 6.45) is 0. The Bertz CT molecular complexity index is 1060. The summed E-state index contributed by atoms with van der Waals surface area (Å²) in [6, 6.07) is 13.5. The van der Waals surface area contributed by atoms with E-state index in [1.165, 1.54) is 13.2 Å². The van der Waals surface area contributed by atoms with Crippen molar-refractivity contribution in [3.63, 3.8) is 0 Å². The van der Waals surface area contributed by atoms with Crippen molar-refractivity contribution in [1.82, 2.24) is 4.98 Å². The van der Waals surface area contributed by atoms with Gasteiger partial charge in [0.25, 0.3) is 0 Å². The molecule has 0 bridgehead atoms. The smallest absolute Gasteiger partial charge is 0.142 e. The molecule has 0 aliphatic carbocycles. The third kappa shape index (κ3) is 3.57. The number of nitrogen functional groups attached to an aromatic ring is 1. The minimum absolute atomic E-state index is 0.0113. The molecule has 0 saturated heterocycles. The molecule has 0 fully saturated rings. The van der Waals surface area contributed by atoms with E-state index in [0.29, 0.717) is 32.8 Å². The molecule has 2 aromatic carbocycles. The molecule has 0 unspecified atom stereocenters. The summed E-state index contributed by atoms with van der Waals surface area (Å²) in [5.41, 5.74) is 7.80. The second kappa shape index (κ2) is 7.64. The maximum Gasteiger partial charge on any atom is 0.142 e. The van der Waals surface area contributed by atoms with Gasteiger partial charge in [-0.2, -0.15) is 5.26 Å². The lowest BCUT2D eigenvalue weighted by Gasteiger charge is -2.14. The molecular weight excluding hydrogens is 413 g/mol. The second-order valence-electron chi connectivity index (χ2n) is 5.62. The first kappa shape index (κ1) is 18.7. The molecule has 0 amide bonds. The molecule has 0 aliphatic heterocycles. The van der Waals surface area contributed by atoms with Crippen LogP contribution in [0.25, 0.3) is 22.4 Å². The molecule has 0 radical (unpaired) electrons. The van der Waals surface area contributed by atoms with E-state index in [-0.39, 0.29) is 16.9 Å². The van der Waals surface area contributed by atoms with Gasteiger partial charge in [0.05, 0.1) is 19.9 Å². The van der Waals surface area contributed by atoms with Crippen molar-refractivity contribution in [2.75, 3.05) is 20.0 Å². The topological polar surface area (TPSA) is 81.2 Å². The first-order chi connectivity index (χ1) is 13.0. The molecule has 136 valence electrons. The Hall–Kier alpha value is -3.11. The van der Waals surface area contributed by atoms with Gasteiger partial charge in [0.2, 0.25) is 0 Å². The summed E-state index contributed by atoms with van der Waals surface area (Å²) in [4.78, 5) is 4.32. The van der Waals surface area contributed by atoms with E-state index in [2.05, 4.69) is 20.9 Å². The van der Waals surface area contributed by atoms with Gasteiger partial charge in [-0.1, -0.05) is 22.0 Å². The Morgan fingerprint density at radius 2 is 1.81 bits per heavy atom. The maximum absolute atomic E-state index is 14.5. The quantitative estimate of drug-likeness (QED) is 0.647. The van der Waals surface area contributed by atoms with Crippen LogP contribution in [0.3, 0.4) is 0 Å². The highest BCUT2D eigenvalue weighted by molar-refractivity contribution is 9.10. The van der Waals surface area contributed by atoms with Crippen LogP contribution in [-0.4, -0.2) is 19.2 Å². The molecule has 0 spiro atoms. The Labute approximate surface area is 164 Å². The van der Waals surface area contributed by atoms with Gasteiger partial charge in [0.1, 0.15) is 34.8 Å². The van der Waals surface area contributed by atoms with Crippen molar-refractivity contribution in [2.45, 2.75) is 0 Å². The van der Waals surface area contributed by atoms with Crippen LogP contribution in [0.1, 0.15) is 5.56 Å². The van der Waals surface area contributed by atoms with Crippen LogP contribution in [0.5, 0.6) is 11.5 Å². The molecule has 0 atom stereocenters. The highest BCUT2D eigenvalue weighted by Gasteiger charge is 2.18. The van der Waals surface area contributed by atoms with Crippen LogP contribution in [0.15, 0.2) is 46.9 Å². The fourth-order valence-corrected chi connectivity index (χ4v) is 3.09. The lowest BCUT2D eigenvalue weighted by molar-refractivity contribution is 0.404. The summed E-state index contributed by atoms with van der Waals surface area (Å²) in [7, 11) is 3.09. The van der Waals surface area contributed by atoms with Crippen LogP contribution in [0, 0.1) is 17.1 Å². The average molecular weight is 428 g/mol. The maximum atomic E-state index is 14.5. The zero-order valence-electron chi connectivity index (χ0n) is 14.6. The molecule has 1 heterocycles. The summed E-state index contributed by atoms with van der Waals surface area (Å²) in [5.74, 6) is 0.689. The molecule has 27 heavy (non-hydrogen) atoms. The van der Waals surface area contributed by atoms with E-state index in [0.717, 1.165) is 0 Å². The Morgan fingerprint density at radius 1 is 1.04 bits per heavy atom. The van der Waals surface area contributed by atoms with Gasteiger partial charge < -0.3 is 15.2 Å². The monoisotopic (exact) mass is 427 g/mol. The van der Waals surface area contributed by atoms with Crippen molar-refractivity contribution in [3.05, 3.63) is 58.3 Å². The van der Waals surface area contributed by atoms with Crippen LogP contribution in [-0.2, 0) is 0 Å². The van der Waals surface area contributed by atoms with Crippen molar-refractivity contribution >= 4 is 21.7 Å². The first-order valence-corrected chi connectivity index (χ1v) is 8.66. The van der Waals surface area contributed by atoms with Gasteiger partial charge in [0, 0.05) is 21.2 Å². The first-order valence-electron chi connectivity index (χ1n) is 7.87. The van der Waals surface area contributed by atoms with E-state index in [9.17, 15) is 9.65 Å². The second-order valence-corrected chi connectivity index (χ2v) is 6.53. The molecule has 3 aromatic rings. The molecule has 5 nitrogen and oxygen atoms in total. The summed E-state index contributed by atoms with van der Waals surface area (Å²) >= 11 is 3.23. The Balaban J connectivity index is 2.29. The predicted molar refractivity (Wildman–Crippen MR) is 105 cm³/mol. The minimum Gasteiger partial charge on any atom is -0.497 e. The van der Waals surface area contributed by atoms with Crippen molar-refractivity contribution in [1.29, 1.82) is 5.26 Å². The van der Waals surface area contributed by atoms with E-state index in [4.69, 9.17) is 15.2 Å². The largest absolute Gasteiger partial charge is 0.497 e. The number of pyridine rings is 1. The summed E-state index contributed by atoms with van der Waals surface area (Å²) in [5, 5.41) is 9.50. The molecule has 3 rings (SSSR count). The number of aromatic nitrogens is 1. The van der Waals surface area contributed by atoms with E-state index in [1.807, 2.05) is 6.07 Å². The number of anilines is 1. The van der Waals surface area contributed by atoms with Crippen LogP contribution >= 0.6 is 15.9 Å². The number of ether oxygens (including phenoxy) is 2. The van der Waals surface area contributed by atoms with Gasteiger partial charge in [-0.05, 0) is 36.4 Å². The van der Waals surface area contributed by atoms with Gasteiger partial charge in [0.15, 0.2) is 0 Å². The number of nitrogens with zero attached hydrogens (tertiary/aromatic N) is 2. The third-order valence-corrected chi connectivity index (χ3v) is 4.56. The van der Waals surface area contributed by atoms with Crippen molar-refractivity contribution in [3.8, 4) is 40.0 Å². The molecule has 0 aliphatic rings. The normalized spacial score (nSPS) is 10.3. The number of methoxy groups -OCH3 is 2.